The Hall–Kier alpha value is -0.290. The van der Waals surface area contributed by atoms with Gasteiger partial charge in [0.15, 0.2) is 0 Å². The van der Waals surface area contributed by atoms with Crippen LogP contribution in [0.2, 0.25) is 0 Å². The first kappa shape index (κ1) is 39.7. The molecule has 0 saturated heterocycles. The first-order valence-corrected chi connectivity index (χ1v) is 19.7. The van der Waals surface area contributed by atoms with Crippen LogP contribution in [-0.2, 0) is 28.2 Å². The van der Waals surface area contributed by atoms with Crippen molar-refractivity contribution in [3.8, 4) is 0 Å². The monoisotopic (exact) mass is 628 g/mol. The van der Waals surface area contributed by atoms with Gasteiger partial charge in [-0.2, -0.15) is 0 Å². The highest BCUT2D eigenvalue weighted by molar-refractivity contribution is 8.05. The molecule has 0 aliphatic carbocycles. The molecule has 0 amide bonds. The van der Waals surface area contributed by atoms with Crippen molar-refractivity contribution in [2.24, 2.45) is 0 Å². The molecule has 9 heteroatoms. The minimum atomic E-state index is -3.88. The van der Waals surface area contributed by atoms with E-state index in [2.05, 4.69) is 13.8 Å². The van der Waals surface area contributed by atoms with Gasteiger partial charge in [-0.15, -0.1) is 0 Å². The average Bonchev–Trinajstić information content (AvgIpc) is 2.91. The Kier molecular flexibility index (Phi) is 28.6. The molecule has 0 aliphatic heterocycles. The van der Waals surface area contributed by atoms with E-state index in [4.69, 9.17) is 36.5 Å². The molecular formula is C31H59Cl2O6P. The Balaban J connectivity index is 3.91. The molecule has 0 rings (SSSR count). The smallest absolute Gasteiger partial charge is 0.380 e. The molecule has 0 aliphatic rings. The van der Waals surface area contributed by atoms with Crippen LogP contribution in [0.15, 0.2) is 0 Å². The van der Waals surface area contributed by atoms with Gasteiger partial charge in [0.1, 0.15) is 19.3 Å². The second-order valence-corrected chi connectivity index (χ2v) is 15.3. The van der Waals surface area contributed by atoms with Crippen molar-refractivity contribution in [3.63, 3.8) is 0 Å². The van der Waals surface area contributed by atoms with Crippen LogP contribution in [0, 0.1) is 0 Å². The quantitative estimate of drug-likeness (QED) is 0.0447. The number of carbonyl (C=O) groups is 2. The molecule has 238 valence electrons. The summed E-state index contributed by atoms with van der Waals surface area (Å²) in [5.74, 6) is -0.730. The molecular weight excluding hydrogens is 570 g/mol. The Labute approximate surface area is 255 Å². The van der Waals surface area contributed by atoms with E-state index in [-0.39, 0.29) is 25.2 Å². The summed E-state index contributed by atoms with van der Waals surface area (Å²) in [6.07, 6.45) is 22.2. The highest BCUT2D eigenvalue weighted by Gasteiger charge is 2.25. The lowest BCUT2D eigenvalue weighted by atomic mass is 10.1. The summed E-state index contributed by atoms with van der Waals surface area (Å²) in [6, 6.07) is 0. The maximum absolute atomic E-state index is 12.1. The molecule has 0 bridgehead atoms. The van der Waals surface area contributed by atoms with Gasteiger partial charge >= 0.3 is 18.0 Å². The van der Waals surface area contributed by atoms with Crippen LogP contribution in [0.1, 0.15) is 168 Å². The number of hydrogen-bond donors (Lipinski definition) is 0. The first-order valence-electron chi connectivity index (χ1n) is 16.3. The third-order valence-corrected chi connectivity index (χ3v) is 8.12. The van der Waals surface area contributed by atoms with Gasteiger partial charge in [-0.3, -0.25) is 18.7 Å². The molecule has 0 spiro atoms. The van der Waals surface area contributed by atoms with Gasteiger partial charge in [0.2, 0.25) is 0 Å². The van der Waals surface area contributed by atoms with Gasteiger partial charge in [0, 0.05) is 12.8 Å². The van der Waals surface area contributed by atoms with Gasteiger partial charge in [0.05, 0.1) is 0 Å². The molecule has 0 atom stereocenters. The molecule has 6 nitrogen and oxygen atoms in total. The summed E-state index contributed by atoms with van der Waals surface area (Å²) in [5, 5.41) is 0. The van der Waals surface area contributed by atoms with Crippen molar-refractivity contribution < 1.29 is 28.2 Å². The van der Waals surface area contributed by atoms with Crippen LogP contribution in [0.5, 0.6) is 0 Å². The Morgan fingerprint density at radius 3 is 1.07 bits per heavy atom. The fourth-order valence-electron chi connectivity index (χ4n) is 4.67. The topological polar surface area (TPSA) is 78.9 Å². The third kappa shape index (κ3) is 30.7. The van der Waals surface area contributed by atoms with E-state index in [1.54, 1.807) is 0 Å². The standard InChI is InChI=1S/C31H59Cl2O6P/c1-3-5-7-9-11-13-15-17-19-21-23-25-30(34)37-27-29(39-40(32,33)36)28-38-31(35)26-24-22-20-18-16-14-12-10-8-6-4-2/h29H,3-28H2,1-2H3. The second-order valence-electron chi connectivity index (χ2n) is 11.1. The number of unbranched alkanes of at least 4 members (excludes halogenated alkanes) is 20. The molecule has 0 radical (unpaired) electrons. The minimum absolute atomic E-state index is 0.216. The van der Waals surface area contributed by atoms with Gasteiger partial charge < -0.3 is 9.47 Å². The highest BCUT2D eigenvalue weighted by Crippen LogP contribution is 2.58. The average molecular weight is 630 g/mol. The van der Waals surface area contributed by atoms with Gasteiger partial charge in [-0.25, -0.2) is 0 Å². The second kappa shape index (κ2) is 28.8. The van der Waals surface area contributed by atoms with E-state index < -0.39 is 12.2 Å². The van der Waals surface area contributed by atoms with Crippen molar-refractivity contribution >= 4 is 40.5 Å². The molecule has 0 heterocycles. The first-order chi connectivity index (χ1) is 19.3. The van der Waals surface area contributed by atoms with Gasteiger partial charge in [-0.05, 0) is 35.3 Å². The van der Waals surface area contributed by atoms with E-state index in [0.717, 1.165) is 38.5 Å². The normalized spacial score (nSPS) is 11.7. The fourth-order valence-corrected chi connectivity index (χ4v) is 5.81. The van der Waals surface area contributed by atoms with Crippen molar-refractivity contribution in [1.29, 1.82) is 0 Å². The highest BCUT2D eigenvalue weighted by atomic mass is 35.9. The fraction of sp³-hybridized carbons (Fsp3) is 0.935. The molecule has 0 unspecified atom stereocenters. The Morgan fingerprint density at radius 1 is 0.525 bits per heavy atom. The summed E-state index contributed by atoms with van der Waals surface area (Å²) in [7, 11) is 0. The summed E-state index contributed by atoms with van der Waals surface area (Å²) in [5.41, 5.74) is 0. The largest absolute Gasteiger partial charge is 0.463 e. The van der Waals surface area contributed by atoms with Crippen molar-refractivity contribution in [2.45, 2.75) is 174 Å². The summed E-state index contributed by atoms with van der Waals surface area (Å²) >= 11 is 11.1. The Bertz CT molecular complexity index is 601. The van der Waals surface area contributed by atoms with E-state index in [1.807, 2.05) is 0 Å². The van der Waals surface area contributed by atoms with Crippen LogP contribution in [-0.4, -0.2) is 31.3 Å². The number of carbonyl (C=O) groups excluding carboxylic acids is 2. The molecule has 0 saturated carbocycles. The third-order valence-electron chi connectivity index (χ3n) is 7.10. The van der Waals surface area contributed by atoms with Crippen LogP contribution in [0.4, 0.5) is 0 Å². The maximum Gasteiger partial charge on any atom is 0.380 e. The van der Waals surface area contributed by atoms with Crippen molar-refractivity contribution in [1.82, 2.24) is 0 Å². The maximum atomic E-state index is 12.1. The molecule has 0 aromatic carbocycles. The van der Waals surface area contributed by atoms with Crippen LogP contribution >= 0.6 is 28.6 Å². The molecule has 0 N–H and O–H groups in total. The predicted octanol–water partition coefficient (Wildman–Crippen LogP) is 11.4. The molecule has 0 aromatic heterocycles. The number of esters is 2. The van der Waals surface area contributed by atoms with Crippen molar-refractivity contribution in [3.05, 3.63) is 0 Å². The zero-order valence-electron chi connectivity index (χ0n) is 25.6. The van der Waals surface area contributed by atoms with Gasteiger partial charge in [0.25, 0.3) is 0 Å². The summed E-state index contributed by atoms with van der Waals surface area (Å²) in [6.45, 7) is 4.04. The Morgan fingerprint density at radius 2 is 0.800 bits per heavy atom. The lowest BCUT2D eigenvalue weighted by Crippen LogP contribution is -2.27. The number of rotatable bonds is 30. The number of hydrogen-bond acceptors (Lipinski definition) is 6. The summed E-state index contributed by atoms with van der Waals surface area (Å²) < 4.78 is 27.3. The molecule has 0 fully saturated rings. The summed E-state index contributed by atoms with van der Waals surface area (Å²) in [4.78, 5) is 24.2. The van der Waals surface area contributed by atoms with Crippen molar-refractivity contribution in [2.75, 3.05) is 13.2 Å². The molecule has 0 aromatic rings. The van der Waals surface area contributed by atoms with Crippen LogP contribution in [0.25, 0.3) is 0 Å². The van der Waals surface area contributed by atoms with E-state index in [1.165, 1.54) is 103 Å². The van der Waals surface area contributed by atoms with E-state index in [9.17, 15) is 14.2 Å². The SMILES string of the molecule is CCCCCCCCCCCCCC(=O)OCC(COC(=O)CCCCCCCCCCCCC)OP(=O)(Cl)Cl. The van der Waals surface area contributed by atoms with E-state index >= 15 is 0 Å². The van der Waals surface area contributed by atoms with Gasteiger partial charge in [-0.1, -0.05) is 142 Å². The van der Waals surface area contributed by atoms with E-state index in [0.29, 0.717) is 12.8 Å². The minimum Gasteiger partial charge on any atom is -0.463 e. The predicted molar refractivity (Wildman–Crippen MR) is 168 cm³/mol. The molecule has 40 heavy (non-hydrogen) atoms. The number of ether oxygens (including phenoxy) is 2. The number of halogens is 2. The van der Waals surface area contributed by atoms with Crippen LogP contribution in [0.3, 0.4) is 0 Å². The zero-order valence-corrected chi connectivity index (χ0v) is 28.0. The van der Waals surface area contributed by atoms with Crippen LogP contribution < -0.4 is 0 Å². The lowest BCUT2D eigenvalue weighted by molar-refractivity contribution is -0.151. The lowest BCUT2D eigenvalue weighted by Gasteiger charge is -2.18. The zero-order chi connectivity index (χ0) is 29.7.